The summed E-state index contributed by atoms with van der Waals surface area (Å²) in [5.74, 6) is 0. The van der Waals surface area contributed by atoms with E-state index in [1.54, 1.807) is 11.3 Å². The van der Waals surface area contributed by atoms with E-state index in [2.05, 4.69) is 16.8 Å². The summed E-state index contributed by atoms with van der Waals surface area (Å²) in [6, 6.07) is 0.675. The second kappa shape index (κ2) is 6.64. The summed E-state index contributed by atoms with van der Waals surface area (Å²) in [4.78, 5) is 8.30. The topological polar surface area (TPSA) is 36.4 Å². The highest BCUT2D eigenvalue weighted by Gasteiger charge is 2.22. The van der Waals surface area contributed by atoms with Crippen molar-refractivity contribution in [2.24, 2.45) is 0 Å². The summed E-state index contributed by atoms with van der Waals surface area (Å²) >= 11 is 1.77. The first-order chi connectivity index (χ1) is 8.69. The summed E-state index contributed by atoms with van der Waals surface area (Å²) in [5.41, 5.74) is 0. The van der Waals surface area contributed by atoms with E-state index in [1.807, 2.05) is 13.1 Å². The molecule has 1 N–H and O–H groups in total. The van der Waals surface area contributed by atoms with Crippen LogP contribution in [0.3, 0.4) is 0 Å². The lowest BCUT2D eigenvalue weighted by Gasteiger charge is -2.34. The number of aliphatic hydroxyl groups excluding tert-OH is 1. The highest BCUT2D eigenvalue weighted by atomic mass is 32.1. The minimum Gasteiger partial charge on any atom is -0.393 e. The summed E-state index contributed by atoms with van der Waals surface area (Å²) in [7, 11) is 0. The van der Waals surface area contributed by atoms with Gasteiger partial charge >= 0.3 is 0 Å². The average Bonchev–Trinajstić information content (AvgIpc) is 2.76. The van der Waals surface area contributed by atoms with Crippen LogP contribution in [-0.2, 0) is 12.8 Å². The number of thiazole rings is 1. The van der Waals surface area contributed by atoms with Crippen LogP contribution < -0.4 is 0 Å². The van der Waals surface area contributed by atoms with Gasteiger partial charge in [0.05, 0.1) is 11.1 Å². The zero-order valence-corrected chi connectivity index (χ0v) is 12.2. The molecular formula is C14H24N2OS. The van der Waals surface area contributed by atoms with Crippen LogP contribution in [-0.4, -0.2) is 40.2 Å². The molecule has 1 aliphatic rings. The molecule has 2 atom stereocenters. The van der Waals surface area contributed by atoms with Crippen LogP contribution in [0.4, 0.5) is 0 Å². The Morgan fingerprint density at radius 1 is 1.56 bits per heavy atom. The van der Waals surface area contributed by atoms with Gasteiger partial charge in [-0.05, 0) is 32.9 Å². The fourth-order valence-electron chi connectivity index (χ4n) is 2.74. The monoisotopic (exact) mass is 268 g/mol. The molecule has 2 unspecified atom stereocenters. The van der Waals surface area contributed by atoms with Gasteiger partial charge in [0.25, 0.3) is 0 Å². The highest BCUT2D eigenvalue weighted by Crippen LogP contribution is 2.23. The summed E-state index contributed by atoms with van der Waals surface area (Å²) in [5, 5.41) is 10.6. The largest absolute Gasteiger partial charge is 0.393 e. The number of aromatic nitrogens is 1. The third kappa shape index (κ3) is 3.77. The van der Waals surface area contributed by atoms with Gasteiger partial charge in [0.2, 0.25) is 0 Å². The Morgan fingerprint density at radius 3 is 3.11 bits per heavy atom. The number of likely N-dealkylation sites (tertiary alicyclic amines) is 1. The first-order valence-corrected chi connectivity index (χ1v) is 7.86. The predicted octanol–water partition coefficient (Wildman–Crippen LogP) is 2.48. The lowest BCUT2D eigenvalue weighted by atomic mass is 10.00. The standard InChI is InChI=1S/C14H24N2OS/c1-3-16-7-5-4-6-12(16)9-14-15-10-13(18-14)8-11(2)17/h10-12,17H,3-9H2,1-2H3. The molecule has 3 nitrogen and oxygen atoms in total. The Morgan fingerprint density at radius 2 is 2.39 bits per heavy atom. The van der Waals surface area contributed by atoms with E-state index in [9.17, 15) is 5.11 Å². The molecule has 0 amide bonds. The van der Waals surface area contributed by atoms with E-state index >= 15 is 0 Å². The lowest BCUT2D eigenvalue weighted by Crippen LogP contribution is -2.40. The van der Waals surface area contributed by atoms with E-state index in [1.165, 1.54) is 35.7 Å². The number of hydrogen-bond acceptors (Lipinski definition) is 4. The zero-order valence-electron chi connectivity index (χ0n) is 11.4. The third-order valence-electron chi connectivity index (χ3n) is 3.66. The number of hydrogen-bond donors (Lipinski definition) is 1. The van der Waals surface area contributed by atoms with Crippen molar-refractivity contribution in [2.75, 3.05) is 13.1 Å². The van der Waals surface area contributed by atoms with Gasteiger partial charge in [0.1, 0.15) is 0 Å². The maximum atomic E-state index is 9.39. The van der Waals surface area contributed by atoms with Crippen LogP contribution in [0, 0.1) is 0 Å². The van der Waals surface area contributed by atoms with Crippen molar-refractivity contribution < 1.29 is 5.11 Å². The molecule has 1 aromatic rings. The van der Waals surface area contributed by atoms with Crippen molar-refractivity contribution in [3.63, 3.8) is 0 Å². The molecule has 1 saturated heterocycles. The Bertz CT molecular complexity index is 364. The number of nitrogens with zero attached hydrogens (tertiary/aromatic N) is 2. The van der Waals surface area contributed by atoms with Gasteiger partial charge < -0.3 is 10.0 Å². The van der Waals surface area contributed by atoms with Gasteiger partial charge in [0.15, 0.2) is 0 Å². The van der Waals surface area contributed by atoms with Crippen molar-refractivity contribution in [3.05, 3.63) is 16.1 Å². The number of piperidine rings is 1. The van der Waals surface area contributed by atoms with Crippen molar-refractivity contribution in [3.8, 4) is 0 Å². The van der Waals surface area contributed by atoms with E-state index in [0.29, 0.717) is 6.04 Å². The highest BCUT2D eigenvalue weighted by molar-refractivity contribution is 7.11. The Labute approximate surface area is 114 Å². The Hall–Kier alpha value is -0.450. The van der Waals surface area contributed by atoms with E-state index in [-0.39, 0.29) is 6.10 Å². The molecule has 0 bridgehead atoms. The molecule has 1 aliphatic heterocycles. The fourth-order valence-corrected chi connectivity index (χ4v) is 3.85. The molecule has 18 heavy (non-hydrogen) atoms. The van der Waals surface area contributed by atoms with Gasteiger partial charge in [-0.2, -0.15) is 0 Å². The molecular weight excluding hydrogens is 244 g/mol. The summed E-state index contributed by atoms with van der Waals surface area (Å²) in [6.07, 6.45) is 7.49. The smallest absolute Gasteiger partial charge is 0.0943 e. The molecule has 0 spiro atoms. The number of likely N-dealkylation sites (N-methyl/N-ethyl adjacent to an activating group) is 1. The molecule has 0 radical (unpaired) electrons. The van der Waals surface area contributed by atoms with Crippen LogP contribution in [0.1, 0.15) is 43.0 Å². The molecule has 4 heteroatoms. The van der Waals surface area contributed by atoms with E-state index < -0.39 is 0 Å². The Balaban J connectivity index is 1.93. The second-order valence-electron chi connectivity index (χ2n) is 5.26. The SMILES string of the molecule is CCN1CCCCC1Cc1ncc(CC(C)O)s1. The zero-order chi connectivity index (χ0) is 13.0. The van der Waals surface area contributed by atoms with Crippen molar-refractivity contribution in [1.82, 2.24) is 9.88 Å². The first-order valence-electron chi connectivity index (χ1n) is 7.04. The van der Waals surface area contributed by atoms with E-state index in [0.717, 1.165) is 19.4 Å². The minimum absolute atomic E-state index is 0.264. The molecule has 0 aromatic carbocycles. The maximum absolute atomic E-state index is 9.39. The van der Waals surface area contributed by atoms with Crippen LogP contribution in [0.25, 0.3) is 0 Å². The van der Waals surface area contributed by atoms with Gasteiger partial charge in [0, 0.05) is 30.0 Å². The maximum Gasteiger partial charge on any atom is 0.0943 e. The van der Waals surface area contributed by atoms with Crippen molar-refractivity contribution >= 4 is 11.3 Å². The summed E-state index contributed by atoms with van der Waals surface area (Å²) < 4.78 is 0. The van der Waals surface area contributed by atoms with Crippen LogP contribution in [0.15, 0.2) is 6.20 Å². The number of rotatable bonds is 5. The predicted molar refractivity (Wildman–Crippen MR) is 76.1 cm³/mol. The van der Waals surface area contributed by atoms with Gasteiger partial charge in [-0.25, -0.2) is 4.98 Å². The third-order valence-corrected chi connectivity index (χ3v) is 4.71. The van der Waals surface area contributed by atoms with Crippen LogP contribution >= 0.6 is 11.3 Å². The van der Waals surface area contributed by atoms with E-state index in [4.69, 9.17) is 0 Å². The summed E-state index contributed by atoms with van der Waals surface area (Å²) in [6.45, 7) is 6.47. The van der Waals surface area contributed by atoms with Crippen molar-refractivity contribution in [2.45, 2.75) is 58.1 Å². The van der Waals surface area contributed by atoms with Crippen molar-refractivity contribution in [1.29, 1.82) is 0 Å². The first kappa shape index (κ1) is 14.0. The molecule has 2 heterocycles. The molecule has 1 aromatic heterocycles. The van der Waals surface area contributed by atoms with Crippen LogP contribution in [0.2, 0.25) is 0 Å². The average molecular weight is 268 g/mol. The quantitative estimate of drug-likeness (QED) is 0.891. The lowest BCUT2D eigenvalue weighted by molar-refractivity contribution is 0.155. The molecule has 1 fully saturated rings. The Kier molecular flexibility index (Phi) is 5.15. The van der Waals surface area contributed by atoms with Gasteiger partial charge in [-0.15, -0.1) is 11.3 Å². The molecule has 102 valence electrons. The second-order valence-corrected chi connectivity index (χ2v) is 6.46. The number of aliphatic hydroxyl groups is 1. The molecule has 2 rings (SSSR count). The fraction of sp³-hybridized carbons (Fsp3) is 0.786. The van der Waals surface area contributed by atoms with Crippen LogP contribution in [0.5, 0.6) is 0 Å². The van der Waals surface area contributed by atoms with Gasteiger partial charge in [-0.1, -0.05) is 13.3 Å². The normalized spacial score (nSPS) is 23.2. The molecule has 0 saturated carbocycles. The molecule has 0 aliphatic carbocycles. The minimum atomic E-state index is -0.264. The van der Waals surface area contributed by atoms with Gasteiger partial charge in [-0.3, -0.25) is 0 Å².